The van der Waals surface area contributed by atoms with Crippen LogP contribution < -0.4 is 0 Å². The first kappa shape index (κ1) is 10.2. The molecule has 0 saturated carbocycles. The van der Waals surface area contributed by atoms with Gasteiger partial charge in [0.25, 0.3) is 0 Å². The fourth-order valence-electron chi connectivity index (χ4n) is 1.46. The fourth-order valence-corrected chi connectivity index (χ4v) is 1.79. The average molecular weight is 203 g/mol. The van der Waals surface area contributed by atoms with E-state index in [1.165, 1.54) is 30.2 Å². The Morgan fingerprint density at radius 1 is 1.58 bits per heavy atom. The van der Waals surface area contributed by atoms with Gasteiger partial charge in [-0.3, -0.25) is 0 Å². The molecule has 68 valence electrons. The molecule has 0 saturated heterocycles. The van der Waals surface area contributed by atoms with Crippen LogP contribution in [0.1, 0.15) is 25.7 Å². The van der Waals surface area contributed by atoms with Crippen molar-refractivity contribution < 1.29 is 15.9 Å². The van der Waals surface area contributed by atoms with Gasteiger partial charge in [0.2, 0.25) is 0 Å². The quantitative estimate of drug-likeness (QED) is 0.634. The number of nitrogens with zero attached hydrogens (tertiary/aromatic N) is 1. The van der Waals surface area contributed by atoms with Gasteiger partial charge in [-0.15, -0.1) is 0 Å². The van der Waals surface area contributed by atoms with E-state index in [4.69, 9.17) is 0 Å². The second-order valence-corrected chi connectivity index (χ2v) is 4.35. The Bertz CT molecular complexity index is 184. The van der Waals surface area contributed by atoms with Crippen molar-refractivity contribution in [3.63, 3.8) is 0 Å². The van der Waals surface area contributed by atoms with E-state index >= 15 is 0 Å². The molecule has 1 atom stereocenters. The normalized spacial score (nSPS) is 23.1. The molecule has 0 bridgehead atoms. The Kier molecular flexibility index (Phi) is 4.22. The van der Waals surface area contributed by atoms with Gasteiger partial charge in [-0.2, -0.15) is 0 Å². The van der Waals surface area contributed by atoms with Crippen LogP contribution in [0.5, 0.6) is 0 Å². The van der Waals surface area contributed by atoms with Gasteiger partial charge in [0.1, 0.15) is 0 Å². The number of rotatable bonds is 3. The zero-order chi connectivity index (χ0) is 8.97. The van der Waals surface area contributed by atoms with E-state index in [1.807, 2.05) is 0 Å². The molecule has 1 nitrogen and oxygen atoms in total. The molecular weight excluding hydrogens is 186 g/mol. The summed E-state index contributed by atoms with van der Waals surface area (Å²) in [5.41, 5.74) is 0. The molecule has 0 aliphatic heterocycles. The third-order valence-electron chi connectivity index (χ3n) is 2.29. The zero-order valence-corrected chi connectivity index (χ0v) is 9.19. The third-order valence-corrected chi connectivity index (χ3v) is 3.12. The van der Waals surface area contributed by atoms with E-state index in [2.05, 4.69) is 47.0 Å². The van der Waals surface area contributed by atoms with Gasteiger partial charge in [0.05, 0.1) is 0 Å². The Hall–Kier alpha value is 0.102. The van der Waals surface area contributed by atoms with Crippen LogP contribution in [0.25, 0.3) is 0 Å². The summed E-state index contributed by atoms with van der Waals surface area (Å²) < 4.78 is 1.37. The van der Waals surface area contributed by atoms with Crippen molar-refractivity contribution in [3.05, 3.63) is 12.2 Å². The molecule has 0 aromatic heterocycles. The minimum absolute atomic E-state index is 0.775. The maximum atomic E-state index is 3.13. The molecule has 1 rings (SSSR count). The molecule has 1 aliphatic carbocycles. The molecule has 0 aromatic carbocycles. The first-order valence-electron chi connectivity index (χ1n) is 4.57. The number of hydrogen-bond donors (Lipinski definition) is 0. The van der Waals surface area contributed by atoms with Crippen LogP contribution >= 0.6 is 0 Å². The third kappa shape index (κ3) is 3.23. The Morgan fingerprint density at radius 3 is 2.83 bits per heavy atom. The number of allylic oxidation sites excluding steroid dienone is 2. The van der Waals surface area contributed by atoms with Crippen molar-refractivity contribution in [2.75, 3.05) is 14.1 Å². The maximum absolute atomic E-state index is 3.13. The van der Waals surface area contributed by atoms with E-state index in [0.29, 0.717) is 0 Å². The van der Waals surface area contributed by atoms with Crippen LogP contribution in [-0.4, -0.2) is 23.5 Å². The molecule has 0 N–H and O–H groups in total. The predicted octanol–water partition coefficient (Wildman–Crippen LogP) is 1.97. The minimum atomic E-state index is 0.775. The van der Waals surface area contributed by atoms with E-state index in [9.17, 15) is 0 Å². The first-order chi connectivity index (χ1) is 5.70. The van der Waals surface area contributed by atoms with Crippen molar-refractivity contribution >= 4 is 4.50 Å². The molecule has 0 fully saturated rings. The summed E-state index contributed by atoms with van der Waals surface area (Å²) in [5, 5.41) is 0. The monoisotopic (exact) mass is 203 g/mol. The molecule has 0 aromatic rings. The van der Waals surface area contributed by atoms with Crippen LogP contribution in [0.4, 0.5) is 0 Å². The van der Waals surface area contributed by atoms with Crippen molar-refractivity contribution in [3.8, 4) is 0 Å². The molecule has 0 spiro atoms. The standard InChI is InChI=1S/C10H17N.Cr/c1-11(2)9-8-10-6-4-3-5-7-10;/h4,6,10H,3,5,7-8H2,1-2H3;. The topological polar surface area (TPSA) is 3.24 Å². The second kappa shape index (κ2) is 4.97. The zero-order valence-electron chi connectivity index (χ0n) is 7.92. The summed E-state index contributed by atoms with van der Waals surface area (Å²) >= 11 is 3.13. The van der Waals surface area contributed by atoms with Crippen LogP contribution in [-0.2, 0) is 15.9 Å². The summed E-state index contributed by atoms with van der Waals surface area (Å²) in [6.45, 7) is 0. The SMILES string of the molecule is CN(C)[C](=[Cr])CC1C=CCCC1. The predicted molar refractivity (Wildman–Crippen MR) is 49.8 cm³/mol. The average Bonchev–Trinajstić information content (AvgIpc) is 2.06. The van der Waals surface area contributed by atoms with Crippen LogP contribution in [0.2, 0.25) is 0 Å². The van der Waals surface area contributed by atoms with E-state index in [-0.39, 0.29) is 0 Å². The fraction of sp³-hybridized carbons (Fsp3) is 0.700. The Labute approximate surface area is 83.4 Å². The van der Waals surface area contributed by atoms with Gasteiger partial charge in [-0.1, -0.05) is 0 Å². The summed E-state index contributed by atoms with van der Waals surface area (Å²) in [6.07, 6.45) is 9.86. The van der Waals surface area contributed by atoms with E-state index in [0.717, 1.165) is 5.92 Å². The molecule has 0 amide bonds. The van der Waals surface area contributed by atoms with Crippen molar-refractivity contribution in [1.82, 2.24) is 4.90 Å². The number of hydrogen-bond acceptors (Lipinski definition) is 1. The second-order valence-electron chi connectivity index (χ2n) is 3.61. The molecular formula is C10H17CrN. The van der Waals surface area contributed by atoms with E-state index < -0.39 is 0 Å². The van der Waals surface area contributed by atoms with Crippen LogP contribution in [0, 0.1) is 5.92 Å². The molecule has 1 unspecified atom stereocenters. The Balaban J connectivity index is 2.35. The summed E-state index contributed by atoms with van der Waals surface area (Å²) in [4.78, 5) is 2.17. The molecule has 0 heterocycles. The first-order valence-corrected chi connectivity index (χ1v) is 5.20. The molecule has 12 heavy (non-hydrogen) atoms. The van der Waals surface area contributed by atoms with Crippen molar-refractivity contribution in [2.45, 2.75) is 25.7 Å². The van der Waals surface area contributed by atoms with Gasteiger partial charge >= 0.3 is 83.1 Å². The van der Waals surface area contributed by atoms with Gasteiger partial charge in [0, 0.05) is 0 Å². The molecule has 1 aliphatic rings. The Morgan fingerprint density at radius 2 is 2.33 bits per heavy atom. The van der Waals surface area contributed by atoms with Gasteiger partial charge in [-0.05, 0) is 0 Å². The summed E-state index contributed by atoms with van der Waals surface area (Å²) in [7, 11) is 4.19. The molecule has 0 radical (unpaired) electrons. The van der Waals surface area contributed by atoms with Crippen LogP contribution in [0.15, 0.2) is 12.2 Å². The van der Waals surface area contributed by atoms with Gasteiger partial charge in [0.15, 0.2) is 0 Å². The van der Waals surface area contributed by atoms with Gasteiger partial charge in [-0.25, -0.2) is 0 Å². The summed E-state index contributed by atoms with van der Waals surface area (Å²) in [6, 6.07) is 0. The summed E-state index contributed by atoms with van der Waals surface area (Å²) in [5.74, 6) is 0.775. The van der Waals surface area contributed by atoms with Crippen molar-refractivity contribution in [1.29, 1.82) is 0 Å². The van der Waals surface area contributed by atoms with Crippen molar-refractivity contribution in [2.24, 2.45) is 5.92 Å². The van der Waals surface area contributed by atoms with Crippen LogP contribution in [0.3, 0.4) is 0 Å². The van der Waals surface area contributed by atoms with Gasteiger partial charge < -0.3 is 0 Å². The molecule has 2 heteroatoms. The van der Waals surface area contributed by atoms with E-state index in [1.54, 1.807) is 0 Å².